The van der Waals surface area contributed by atoms with Crippen LogP contribution in [0, 0.1) is 5.41 Å². The number of ketones is 1. The Morgan fingerprint density at radius 1 is 1.11 bits per heavy atom. The van der Waals surface area contributed by atoms with Crippen molar-refractivity contribution in [3.05, 3.63) is 68.8 Å². The lowest BCUT2D eigenvalue weighted by atomic mass is 9.73. The number of Topliss-reactive ketones (excluding diaryl/α,β-unsaturated/α-hetero) is 1. The van der Waals surface area contributed by atoms with Gasteiger partial charge in [-0.25, -0.2) is 0 Å². The molecule has 0 saturated carbocycles. The highest BCUT2D eigenvalue weighted by Gasteiger charge is 2.39. The van der Waals surface area contributed by atoms with Crippen molar-refractivity contribution in [2.24, 2.45) is 5.41 Å². The van der Waals surface area contributed by atoms with E-state index in [4.69, 9.17) is 23.2 Å². The Morgan fingerprint density at radius 2 is 1.89 bits per heavy atom. The van der Waals surface area contributed by atoms with E-state index in [1.807, 2.05) is 24.3 Å². The smallest absolute Gasteiger partial charge is 0.163 e. The summed E-state index contributed by atoms with van der Waals surface area (Å²) in [7, 11) is 0. The molecule has 0 amide bonds. The lowest BCUT2D eigenvalue weighted by Gasteiger charge is -2.34. The van der Waals surface area contributed by atoms with Gasteiger partial charge in [-0.1, -0.05) is 49.2 Å². The van der Waals surface area contributed by atoms with E-state index in [-0.39, 0.29) is 17.8 Å². The molecule has 0 saturated heterocycles. The largest absolute Gasteiger partial charge is 0.392 e. The number of fused-ring (bicyclic) bond motifs is 1. The van der Waals surface area contributed by atoms with Crippen LogP contribution in [0.2, 0.25) is 10.0 Å². The van der Waals surface area contributed by atoms with Gasteiger partial charge in [0.05, 0.1) is 24.0 Å². The minimum absolute atomic E-state index is 0.0551. The summed E-state index contributed by atoms with van der Waals surface area (Å²) in [5.41, 5.74) is 4.81. The second kappa shape index (κ2) is 7.11. The van der Waals surface area contributed by atoms with E-state index >= 15 is 0 Å². The molecule has 1 heterocycles. The maximum atomic E-state index is 13.2. The van der Waals surface area contributed by atoms with Crippen molar-refractivity contribution in [2.45, 2.75) is 39.3 Å². The maximum absolute atomic E-state index is 13.2. The van der Waals surface area contributed by atoms with Crippen LogP contribution >= 0.6 is 23.2 Å². The molecule has 0 fully saturated rings. The predicted octanol–water partition coefficient (Wildman–Crippen LogP) is 5.71. The number of rotatable bonds is 2. The molecule has 1 aliphatic heterocycles. The molecule has 2 aliphatic rings. The van der Waals surface area contributed by atoms with Gasteiger partial charge in [-0.3, -0.25) is 4.79 Å². The molecule has 1 unspecified atom stereocenters. The van der Waals surface area contributed by atoms with Crippen molar-refractivity contribution in [3.63, 3.8) is 0 Å². The first-order valence-electron chi connectivity index (χ1n) is 9.26. The van der Waals surface area contributed by atoms with E-state index in [1.54, 1.807) is 12.1 Å². The number of nitrogens with one attached hydrogen (secondary N) is 2. The molecular weight excluding hydrogens is 395 g/mol. The molecule has 1 aliphatic carbocycles. The van der Waals surface area contributed by atoms with Crippen LogP contribution in [0.3, 0.4) is 0 Å². The standard InChI is InChI=1S/C22H22Cl2N2O2/c1-22(2)9-18-20(19(28)10-22)21(14-5-4-13(23)8-15(14)24)26-17-7-12(11-27)3-6-16(17)25-18/h3-8,21,25-27H,9-11H2,1-2H3. The van der Waals surface area contributed by atoms with Crippen molar-refractivity contribution >= 4 is 40.4 Å². The Labute approximate surface area is 174 Å². The lowest BCUT2D eigenvalue weighted by Crippen LogP contribution is -2.31. The second-order valence-corrected chi connectivity index (χ2v) is 9.08. The second-order valence-electron chi connectivity index (χ2n) is 8.24. The van der Waals surface area contributed by atoms with E-state index in [1.165, 1.54) is 0 Å². The van der Waals surface area contributed by atoms with Gasteiger partial charge in [-0.15, -0.1) is 0 Å². The van der Waals surface area contributed by atoms with Crippen LogP contribution in [-0.4, -0.2) is 10.9 Å². The highest BCUT2D eigenvalue weighted by molar-refractivity contribution is 6.35. The van der Waals surface area contributed by atoms with Crippen LogP contribution in [0.25, 0.3) is 0 Å². The summed E-state index contributed by atoms with van der Waals surface area (Å²) in [6.45, 7) is 4.16. The summed E-state index contributed by atoms with van der Waals surface area (Å²) in [6, 6.07) is 10.6. The molecule has 0 spiro atoms. The minimum atomic E-state index is -0.397. The van der Waals surface area contributed by atoms with Crippen LogP contribution in [0.5, 0.6) is 0 Å². The van der Waals surface area contributed by atoms with Crippen LogP contribution in [0.15, 0.2) is 47.7 Å². The van der Waals surface area contributed by atoms with Gasteiger partial charge >= 0.3 is 0 Å². The molecule has 3 N–H and O–H groups in total. The molecule has 0 bridgehead atoms. The van der Waals surface area contributed by atoms with Gasteiger partial charge in [0.15, 0.2) is 5.78 Å². The van der Waals surface area contributed by atoms with E-state index < -0.39 is 6.04 Å². The first-order chi connectivity index (χ1) is 13.3. The molecule has 0 radical (unpaired) electrons. The first-order valence-corrected chi connectivity index (χ1v) is 10.0. The van der Waals surface area contributed by atoms with Crippen LogP contribution in [0.4, 0.5) is 11.4 Å². The summed E-state index contributed by atoms with van der Waals surface area (Å²) in [6.07, 6.45) is 1.24. The Balaban J connectivity index is 1.91. The van der Waals surface area contributed by atoms with Gasteiger partial charge in [0, 0.05) is 27.7 Å². The number of hydrogen-bond donors (Lipinski definition) is 3. The fraction of sp³-hybridized carbons (Fsp3) is 0.318. The fourth-order valence-corrected chi connectivity index (χ4v) is 4.58. The van der Waals surface area contributed by atoms with Crippen molar-refractivity contribution < 1.29 is 9.90 Å². The maximum Gasteiger partial charge on any atom is 0.163 e. The first kappa shape index (κ1) is 19.3. The lowest BCUT2D eigenvalue weighted by molar-refractivity contribution is -0.118. The van der Waals surface area contributed by atoms with Crippen molar-refractivity contribution in [2.75, 3.05) is 10.6 Å². The van der Waals surface area contributed by atoms with Gasteiger partial charge < -0.3 is 15.7 Å². The molecule has 146 valence electrons. The number of anilines is 2. The summed E-state index contributed by atoms with van der Waals surface area (Å²) < 4.78 is 0. The van der Waals surface area contributed by atoms with Gasteiger partial charge in [-0.05, 0) is 47.2 Å². The summed E-state index contributed by atoms with van der Waals surface area (Å²) in [4.78, 5) is 13.2. The number of carbonyl (C=O) groups excluding carboxylic acids is 1. The molecule has 6 heteroatoms. The average Bonchev–Trinajstić information content (AvgIpc) is 2.76. The Kier molecular flexibility index (Phi) is 4.90. The minimum Gasteiger partial charge on any atom is -0.392 e. The van der Waals surface area contributed by atoms with E-state index in [0.717, 1.165) is 34.6 Å². The van der Waals surface area contributed by atoms with E-state index in [0.29, 0.717) is 22.0 Å². The highest BCUT2D eigenvalue weighted by atomic mass is 35.5. The molecule has 4 nitrogen and oxygen atoms in total. The zero-order chi connectivity index (χ0) is 20.1. The highest BCUT2D eigenvalue weighted by Crippen LogP contribution is 2.46. The monoisotopic (exact) mass is 416 g/mol. The molecule has 4 rings (SSSR count). The number of benzene rings is 2. The average molecular weight is 417 g/mol. The number of allylic oxidation sites excluding steroid dienone is 1. The molecule has 2 aromatic rings. The molecule has 1 atom stereocenters. The number of aliphatic hydroxyl groups is 1. The van der Waals surface area contributed by atoms with Crippen molar-refractivity contribution in [3.8, 4) is 0 Å². The fourth-order valence-electron chi connectivity index (χ4n) is 4.06. The van der Waals surface area contributed by atoms with Crippen LogP contribution in [0.1, 0.15) is 43.9 Å². The number of carbonyl (C=O) groups is 1. The number of hydrogen-bond acceptors (Lipinski definition) is 4. The number of halogens is 2. The Morgan fingerprint density at radius 3 is 2.61 bits per heavy atom. The van der Waals surface area contributed by atoms with Gasteiger partial charge in [0.25, 0.3) is 0 Å². The van der Waals surface area contributed by atoms with Crippen LogP contribution in [-0.2, 0) is 11.4 Å². The van der Waals surface area contributed by atoms with Gasteiger partial charge in [0.2, 0.25) is 0 Å². The van der Waals surface area contributed by atoms with Gasteiger partial charge in [0.1, 0.15) is 0 Å². The third kappa shape index (κ3) is 3.52. The normalized spacial score (nSPS) is 20.6. The quantitative estimate of drug-likeness (QED) is 0.586. The Hall–Kier alpha value is -2.01. The third-order valence-corrected chi connectivity index (χ3v) is 5.90. The molecule has 2 aromatic carbocycles. The summed E-state index contributed by atoms with van der Waals surface area (Å²) >= 11 is 12.6. The molecular formula is C22H22Cl2N2O2. The van der Waals surface area contributed by atoms with Crippen molar-refractivity contribution in [1.29, 1.82) is 0 Å². The van der Waals surface area contributed by atoms with E-state index in [2.05, 4.69) is 24.5 Å². The zero-order valence-corrected chi connectivity index (χ0v) is 17.3. The molecule has 28 heavy (non-hydrogen) atoms. The summed E-state index contributed by atoms with van der Waals surface area (Å²) in [5.74, 6) is 0.109. The van der Waals surface area contributed by atoms with E-state index in [9.17, 15) is 9.90 Å². The zero-order valence-electron chi connectivity index (χ0n) is 15.8. The summed E-state index contributed by atoms with van der Waals surface area (Å²) in [5, 5.41) is 17.6. The third-order valence-electron chi connectivity index (χ3n) is 5.33. The Bertz CT molecular complexity index is 998. The van der Waals surface area contributed by atoms with Crippen LogP contribution < -0.4 is 10.6 Å². The van der Waals surface area contributed by atoms with Crippen molar-refractivity contribution in [1.82, 2.24) is 0 Å². The predicted molar refractivity (Wildman–Crippen MR) is 114 cm³/mol. The molecule has 0 aromatic heterocycles. The van der Waals surface area contributed by atoms with Gasteiger partial charge in [-0.2, -0.15) is 0 Å². The topological polar surface area (TPSA) is 61.4 Å². The number of aliphatic hydroxyl groups excluding tert-OH is 1. The SMILES string of the molecule is CC1(C)CC(=O)C2=C(C1)Nc1ccc(CO)cc1NC2c1ccc(Cl)cc1Cl.